The Balaban J connectivity index is 2.18. The SMILES string of the molecule is COC(=O)C1(NC(=O)[C@H](Cc2ccccc2)NC(=O)OC(C)(C)C)CCCC1. The Hall–Kier alpha value is -2.57. The first kappa shape index (κ1) is 21.7. The Morgan fingerprint density at radius 1 is 1.11 bits per heavy atom. The van der Waals surface area contributed by atoms with Gasteiger partial charge < -0.3 is 20.1 Å². The molecule has 0 aliphatic heterocycles. The molecular formula is C21H30N2O5. The summed E-state index contributed by atoms with van der Waals surface area (Å²) in [5, 5.41) is 5.49. The van der Waals surface area contributed by atoms with Crippen molar-refractivity contribution in [1.82, 2.24) is 10.6 Å². The van der Waals surface area contributed by atoms with E-state index in [4.69, 9.17) is 9.47 Å². The fraction of sp³-hybridized carbons (Fsp3) is 0.571. The van der Waals surface area contributed by atoms with Gasteiger partial charge >= 0.3 is 12.1 Å². The van der Waals surface area contributed by atoms with Gasteiger partial charge in [0.25, 0.3) is 0 Å². The van der Waals surface area contributed by atoms with Crippen molar-refractivity contribution in [3.63, 3.8) is 0 Å². The molecule has 1 fully saturated rings. The van der Waals surface area contributed by atoms with E-state index in [1.807, 2.05) is 30.3 Å². The van der Waals surface area contributed by atoms with Crippen molar-refractivity contribution >= 4 is 18.0 Å². The Labute approximate surface area is 166 Å². The average molecular weight is 390 g/mol. The summed E-state index contributed by atoms with van der Waals surface area (Å²) in [6.07, 6.45) is 2.31. The van der Waals surface area contributed by atoms with E-state index in [1.54, 1.807) is 20.8 Å². The Morgan fingerprint density at radius 3 is 2.25 bits per heavy atom. The van der Waals surface area contributed by atoms with Crippen molar-refractivity contribution in [2.24, 2.45) is 0 Å². The standard InChI is InChI=1S/C21H30N2O5/c1-20(2,3)28-19(26)22-16(14-15-10-6-5-7-11-15)17(24)23-21(18(25)27-4)12-8-9-13-21/h5-7,10-11,16H,8-9,12-14H2,1-4H3,(H,22,26)(H,23,24)/t16-/m0/s1. The van der Waals surface area contributed by atoms with E-state index in [1.165, 1.54) is 7.11 Å². The zero-order valence-electron chi connectivity index (χ0n) is 17.0. The van der Waals surface area contributed by atoms with Gasteiger partial charge in [0.15, 0.2) is 0 Å². The van der Waals surface area contributed by atoms with Crippen LogP contribution in [0.1, 0.15) is 52.0 Å². The van der Waals surface area contributed by atoms with Gasteiger partial charge in [-0.25, -0.2) is 9.59 Å². The zero-order valence-corrected chi connectivity index (χ0v) is 17.0. The molecule has 0 bridgehead atoms. The summed E-state index contributed by atoms with van der Waals surface area (Å²) >= 11 is 0. The molecule has 0 saturated heterocycles. The lowest BCUT2D eigenvalue weighted by molar-refractivity contribution is -0.151. The Kier molecular flexibility index (Phi) is 7.05. The maximum absolute atomic E-state index is 13.0. The van der Waals surface area contributed by atoms with E-state index in [0.29, 0.717) is 12.8 Å². The molecular weight excluding hydrogens is 360 g/mol. The van der Waals surface area contributed by atoms with Crippen LogP contribution in [0.3, 0.4) is 0 Å². The first-order chi connectivity index (χ1) is 13.1. The Morgan fingerprint density at radius 2 is 1.71 bits per heavy atom. The quantitative estimate of drug-likeness (QED) is 0.729. The van der Waals surface area contributed by atoms with Crippen LogP contribution in [0.4, 0.5) is 4.79 Å². The minimum Gasteiger partial charge on any atom is -0.467 e. The van der Waals surface area contributed by atoms with Crippen molar-refractivity contribution in [3.05, 3.63) is 35.9 Å². The lowest BCUT2D eigenvalue weighted by atomic mass is 9.96. The molecule has 1 aliphatic rings. The van der Waals surface area contributed by atoms with Crippen molar-refractivity contribution in [2.45, 2.75) is 70.1 Å². The second-order valence-corrected chi connectivity index (χ2v) is 8.16. The van der Waals surface area contributed by atoms with Crippen LogP contribution in [0.25, 0.3) is 0 Å². The number of hydrogen-bond acceptors (Lipinski definition) is 5. The molecule has 1 aromatic rings. The predicted octanol–water partition coefficient (Wildman–Crippen LogP) is 2.72. The van der Waals surface area contributed by atoms with Crippen LogP contribution >= 0.6 is 0 Å². The lowest BCUT2D eigenvalue weighted by Crippen LogP contribution is -2.59. The molecule has 2 rings (SSSR count). The molecule has 1 atom stereocenters. The predicted molar refractivity (Wildman–Crippen MR) is 105 cm³/mol. The second-order valence-electron chi connectivity index (χ2n) is 8.16. The minimum absolute atomic E-state index is 0.281. The van der Waals surface area contributed by atoms with Gasteiger partial charge in [-0.3, -0.25) is 4.79 Å². The van der Waals surface area contributed by atoms with Gasteiger partial charge in [-0.1, -0.05) is 43.2 Å². The highest BCUT2D eigenvalue weighted by Gasteiger charge is 2.44. The largest absolute Gasteiger partial charge is 0.467 e. The molecule has 0 radical (unpaired) electrons. The van der Waals surface area contributed by atoms with E-state index in [9.17, 15) is 14.4 Å². The monoisotopic (exact) mass is 390 g/mol. The van der Waals surface area contributed by atoms with E-state index >= 15 is 0 Å². The Bertz CT molecular complexity index is 690. The van der Waals surface area contributed by atoms with E-state index in [2.05, 4.69) is 10.6 Å². The second kappa shape index (κ2) is 9.08. The number of carbonyl (C=O) groups is 3. The van der Waals surface area contributed by atoms with Crippen LogP contribution < -0.4 is 10.6 Å². The maximum atomic E-state index is 13.0. The molecule has 0 unspecified atom stereocenters. The molecule has 0 heterocycles. The number of esters is 1. The number of rotatable bonds is 6. The number of ether oxygens (including phenoxy) is 2. The van der Waals surface area contributed by atoms with E-state index in [-0.39, 0.29) is 6.42 Å². The molecule has 0 spiro atoms. The van der Waals surface area contributed by atoms with E-state index < -0.39 is 35.2 Å². The molecule has 0 aromatic heterocycles. The molecule has 7 nitrogen and oxygen atoms in total. The third-order valence-corrected chi connectivity index (χ3v) is 4.69. The van der Waals surface area contributed by atoms with Crippen LogP contribution in [0.5, 0.6) is 0 Å². The summed E-state index contributed by atoms with van der Waals surface area (Å²) in [7, 11) is 1.31. The molecule has 7 heteroatoms. The smallest absolute Gasteiger partial charge is 0.408 e. The summed E-state index contributed by atoms with van der Waals surface area (Å²) in [6.45, 7) is 5.26. The minimum atomic E-state index is -1.03. The maximum Gasteiger partial charge on any atom is 0.408 e. The van der Waals surface area contributed by atoms with Gasteiger partial charge in [0.1, 0.15) is 17.2 Å². The fourth-order valence-corrected chi connectivity index (χ4v) is 3.39. The number of hydrogen-bond donors (Lipinski definition) is 2. The van der Waals surface area contributed by atoms with Crippen LogP contribution in [-0.2, 0) is 25.5 Å². The topological polar surface area (TPSA) is 93.7 Å². The number of nitrogens with one attached hydrogen (secondary N) is 2. The van der Waals surface area contributed by atoms with Gasteiger partial charge in [0.05, 0.1) is 7.11 Å². The van der Waals surface area contributed by atoms with Gasteiger partial charge in [-0.15, -0.1) is 0 Å². The van der Waals surface area contributed by atoms with Crippen LogP contribution in [0, 0.1) is 0 Å². The summed E-state index contributed by atoms with van der Waals surface area (Å²) in [6, 6.07) is 8.49. The number of amides is 2. The number of alkyl carbamates (subject to hydrolysis) is 1. The molecule has 154 valence electrons. The first-order valence-corrected chi connectivity index (χ1v) is 9.59. The van der Waals surface area contributed by atoms with Crippen LogP contribution in [-0.4, -0.2) is 42.3 Å². The van der Waals surface area contributed by atoms with E-state index in [0.717, 1.165) is 18.4 Å². The van der Waals surface area contributed by atoms with Crippen molar-refractivity contribution in [1.29, 1.82) is 0 Å². The molecule has 2 N–H and O–H groups in total. The molecule has 1 aromatic carbocycles. The first-order valence-electron chi connectivity index (χ1n) is 9.59. The van der Waals surface area contributed by atoms with Crippen molar-refractivity contribution in [3.8, 4) is 0 Å². The molecule has 1 aliphatic carbocycles. The van der Waals surface area contributed by atoms with Crippen LogP contribution in [0.15, 0.2) is 30.3 Å². The normalized spacial score (nSPS) is 16.7. The number of carbonyl (C=O) groups excluding carboxylic acids is 3. The molecule has 1 saturated carbocycles. The van der Waals surface area contributed by atoms with Gasteiger partial charge in [-0.2, -0.15) is 0 Å². The molecule has 2 amide bonds. The zero-order chi connectivity index (χ0) is 20.8. The van der Waals surface area contributed by atoms with Crippen LogP contribution in [0.2, 0.25) is 0 Å². The summed E-state index contributed by atoms with van der Waals surface area (Å²) < 4.78 is 10.2. The number of methoxy groups -OCH3 is 1. The van der Waals surface area contributed by atoms with Gasteiger partial charge in [-0.05, 0) is 39.2 Å². The van der Waals surface area contributed by atoms with Crippen molar-refractivity contribution < 1.29 is 23.9 Å². The summed E-state index contributed by atoms with van der Waals surface area (Å²) in [5.41, 5.74) is -0.829. The third kappa shape index (κ3) is 5.97. The fourth-order valence-electron chi connectivity index (χ4n) is 3.39. The number of benzene rings is 1. The van der Waals surface area contributed by atoms with Crippen molar-refractivity contribution in [2.75, 3.05) is 7.11 Å². The lowest BCUT2D eigenvalue weighted by Gasteiger charge is -2.30. The average Bonchev–Trinajstić information content (AvgIpc) is 3.09. The highest BCUT2D eigenvalue weighted by atomic mass is 16.6. The van der Waals surface area contributed by atoms with Gasteiger partial charge in [0, 0.05) is 6.42 Å². The highest BCUT2D eigenvalue weighted by Crippen LogP contribution is 2.31. The highest BCUT2D eigenvalue weighted by molar-refractivity contribution is 5.92. The molecule has 28 heavy (non-hydrogen) atoms. The van der Waals surface area contributed by atoms with Gasteiger partial charge in [0.2, 0.25) is 5.91 Å². The summed E-state index contributed by atoms with van der Waals surface area (Å²) in [5.74, 6) is -0.879. The summed E-state index contributed by atoms with van der Waals surface area (Å²) in [4.78, 5) is 37.6. The third-order valence-electron chi connectivity index (χ3n) is 4.69.